The third-order valence-electron chi connectivity index (χ3n) is 4.65. The van der Waals surface area contributed by atoms with Crippen LogP contribution in [0.1, 0.15) is 39.5 Å². The van der Waals surface area contributed by atoms with Crippen molar-refractivity contribution in [2.24, 2.45) is 0 Å². The van der Waals surface area contributed by atoms with Crippen LogP contribution in [-0.2, 0) is 16.1 Å². The van der Waals surface area contributed by atoms with Gasteiger partial charge < -0.3 is 15.2 Å². The number of aryl methyl sites for hydroxylation is 1. The maximum atomic E-state index is 12.5. The monoisotopic (exact) mass is 424 g/mol. The molecule has 0 saturated carbocycles. The van der Waals surface area contributed by atoms with Gasteiger partial charge in [0.1, 0.15) is 0 Å². The number of amides is 2. The number of fused-ring (bicyclic) bond motifs is 1. The van der Waals surface area contributed by atoms with Crippen LogP contribution in [-0.4, -0.2) is 27.1 Å². The van der Waals surface area contributed by atoms with E-state index in [1.54, 1.807) is 24.3 Å². The van der Waals surface area contributed by atoms with E-state index < -0.39 is 0 Å². The number of hydrogen-bond acceptors (Lipinski definition) is 4. The van der Waals surface area contributed by atoms with E-state index in [1.807, 2.05) is 18.2 Å². The average Bonchev–Trinajstić information content (AvgIpc) is 3.07. The second-order valence-electron chi connectivity index (χ2n) is 7.19. The van der Waals surface area contributed by atoms with Crippen LogP contribution in [0.2, 0.25) is 0 Å². The first-order valence-corrected chi connectivity index (χ1v) is 11.3. The Balaban J connectivity index is 1.64. The molecule has 0 saturated heterocycles. The molecule has 2 N–H and O–H groups in total. The first-order valence-electron chi connectivity index (χ1n) is 10.3. The SMILES string of the molecule is CCCCCCn1c(SCC(=O)Nc2cccc(NC(C)=O)c2)nc2ccccc21. The van der Waals surface area contributed by atoms with Gasteiger partial charge >= 0.3 is 0 Å². The predicted octanol–water partition coefficient (Wildman–Crippen LogP) is 5.31. The van der Waals surface area contributed by atoms with Crippen LogP contribution >= 0.6 is 11.8 Å². The van der Waals surface area contributed by atoms with Gasteiger partial charge in [-0.1, -0.05) is 56.1 Å². The van der Waals surface area contributed by atoms with E-state index in [4.69, 9.17) is 4.98 Å². The molecule has 158 valence electrons. The van der Waals surface area contributed by atoms with Crippen molar-refractivity contribution in [3.8, 4) is 0 Å². The van der Waals surface area contributed by atoms with Crippen molar-refractivity contribution in [3.05, 3.63) is 48.5 Å². The van der Waals surface area contributed by atoms with Crippen LogP contribution < -0.4 is 10.6 Å². The zero-order valence-corrected chi connectivity index (χ0v) is 18.3. The molecule has 0 atom stereocenters. The largest absolute Gasteiger partial charge is 0.326 e. The minimum Gasteiger partial charge on any atom is -0.326 e. The van der Waals surface area contributed by atoms with Crippen molar-refractivity contribution in [3.63, 3.8) is 0 Å². The number of rotatable bonds is 10. The number of benzene rings is 2. The number of thioether (sulfide) groups is 1. The van der Waals surface area contributed by atoms with Gasteiger partial charge in [0.2, 0.25) is 11.8 Å². The van der Waals surface area contributed by atoms with Gasteiger partial charge in [-0.15, -0.1) is 0 Å². The molecule has 30 heavy (non-hydrogen) atoms. The number of hydrogen-bond donors (Lipinski definition) is 2. The van der Waals surface area contributed by atoms with E-state index in [0.29, 0.717) is 11.4 Å². The summed E-state index contributed by atoms with van der Waals surface area (Å²) in [4.78, 5) is 28.4. The van der Waals surface area contributed by atoms with Crippen molar-refractivity contribution in [1.29, 1.82) is 0 Å². The molecule has 1 aromatic heterocycles. The Morgan fingerprint density at radius 2 is 1.77 bits per heavy atom. The van der Waals surface area contributed by atoms with E-state index in [1.165, 1.54) is 37.9 Å². The molecular formula is C23H28N4O2S. The summed E-state index contributed by atoms with van der Waals surface area (Å²) >= 11 is 1.45. The van der Waals surface area contributed by atoms with Crippen LogP contribution in [0.4, 0.5) is 11.4 Å². The number of para-hydroxylation sites is 2. The molecule has 2 amide bonds. The first kappa shape index (κ1) is 21.9. The van der Waals surface area contributed by atoms with Gasteiger partial charge in [0.25, 0.3) is 0 Å². The number of anilines is 2. The molecule has 1 heterocycles. The maximum absolute atomic E-state index is 12.5. The van der Waals surface area contributed by atoms with Gasteiger partial charge in [-0.25, -0.2) is 4.98 Å². The average molecular weight is 425 g/mol. The highest BCUT2D eigenvalue weighted by Crippen LogP contribution is 2.25. The van der Waals surface area contributed by atoms with Crippen molar-refractivity contribution < 1.29 is 9.59 Å². The van der Waals surface area contributed by atoms with E-state index in [-0.39, 0.29) is 17.6 Å². The zero-order valence-electron chi connectivity index (χ0n) is 17.5. The normalized spacial score (nSPS) is 10.9. The Hall–Kier alpha value is -2.80. The highest BCUT2D eigenvalue weighted by atomic mass is 32.2. The van der Waals surface area contributed by atoms with Gasteiger partial charge in [-0.2, -0.15) is 0 Å². The van der Waals surface area contributed by atoms with Crippen LogP contribution in [0.5, 0.6) is 0 Å². The van der Waals surface area contributed by atoms with Gasteiger partial charge in [-0.05, 0) is 36.8 Å². The fraction of sp³-hybridized carbons (Fsp3) is 0.348. The second kappa shape index (κ2) is 10.8. The van der Waals surface area contributed by atoms with Crippen molar-refractivity contribution >= 4 is 46.0 Å². The topological polar surface area (TPSA) is 76.0 Å². The molecule has 0 unspecified atom stereocenters. The number of imidazole rings is 1. The van der Waals surface area contributed by atoms with E-state index in [9.17, 15) is 9.59 Å². The van der Waals surface area contributed by atoms with Gasteiger partial charge in [0, 0.05) is 24.8 Å². The molecule has 0 aliphatic rings. The van der Waals surface area contributed by atoms with Gasteiger partial charge in [-0.3, -0.25) is 9.59 Å². The zero-order chi connectivity index (χ0) is 21.3. The third-order valence-corrected chi connectivity index (χ3v) is 5.63. The number of nitrogens with zero attached hydrogens (tertiary/aromatic N) is 2. The highest BCUT2D eigenvalue weighted by molar-refractivity contribution is 7.99. The number of unbranched alkanes of at least 4 members (excludes halogenated alkanes) is 3. The Morgan fingerprint density at radius 3 is 2.53 bits per heavy atom. The minimum absolute atomic E-state index is 0.107. The summed E-state index contributed by atoms with van der Waals surface area (Å²) in [5, 5.41) is 6.48. The Bertz CT molecular complexity index is 1020. The number of carbonyl (C=O) groups is 2. The summed E-state index contributed by atoms with van der Waals surface area (Å²) in [6, 6.07) is 15.2. The molecule has 0 fully saturated rings. The Labute approximate surface area is 181 Å². The third kappa shape index (κ3) is 6.10. The van der Waals surface area contributed by atoms with Crippen LogP contribution in [0.3, 0.4) is 0 Å². The molecule has 6 nitrogen and oxygen atoms in total. The van der Waals surface area contributed by atoms with Crippen LogP contribution in [0.15, 0.2) is 53.7 Å². The molecule has 0 radical (unpaired) electrons. The van der Waals surface area contributed by atoms with Crippen molar-refractivity contribution in [1.82, 2.24) is 9.55 Å². The lowest BCUT2D eigenvalue weighted by Crippen LogP contribution is -2.15. The van der Waals surface area contributed by atoms with E-state index in [0.717, 1.165) is 29.2 Å². The molecular weight excluding hydrogens is 396 g/mol. The second-order valence-corrected chi connectivity index (χ2v) is 8.14. The lowest BCUT2D eigenvalue weighted by molar-refractivity contribution is -0.114. The maximum Gasteiger partial charge on any atom is 0.234 e. The lowest BCUT2D eigenvalue weighted by atomic mass is 10.2. The smallest absolute Gasteiger partial charge is 0.234 e. The highest BCUT2D eigenvalue weighted by Gasteiger charge is 2.13. The number of carbonyl (C=O) groups excluding carboxylic acids is 2. The van der Waals surface area contributed by atoms with Crippen LogP contribution in [0.25, 0.3) is 11.0 Å². The summed E-state index contributed by atoms with van der Waals surface area (Å²) in [5.74, 6) is 0.0132. The molecule has 3 rings (SSSR count). The Kier molecular flexibility index (Phi) is 7.90. The summed E-state index contributed by atoms with van der Waals surface area (Å²) in [5.41, 5.74) is 3.38. The van der Waals surface area contributed by atoms with E-state index >= 15 is 0 Å². The number of aromatic nitrogens is 2. The standard InChI is InChI=1S/C23H28N4O2S/c1-3-4-5-8-14-27-21-13-7-6-12-20(21)26-23(27)30-16-22(29)25-19-11-9-10-18(15-19)24-17(2)28/h6-7,9-13,15H,3-5,8,14,16H2,1-2H3,(H,24,28)(H,25,29). The summed E-state index contributed by atoms with van der Waals surface area (Å²) < 4.78 is 2.22. The fourth-order valence-corrected chi connectivity index (χ4v) is 4.12. The van der Waals surface area contributed by atoms with Crippen molar-refractivity contribution in [2.45, 2.75) is 51.2 Å². The molecule has 0 aliphatic heterocycles. The summed E-state index contributed by atoms with van der Waals surface area (Å²) in [6.07, 6.45) is 4.73. The fourth-order valence-electron chi connectivity index (χ4n) is 3.28. The predicted molar refractivity (Wildman–Crippen MR) is 124 cm³/mol. The molecule has 7 heteroatoms. The Morgan fingerprint density at radius 1 is 1.00 bits per heavy atom. The van der Waals surface area contributed by atoms with Crippen LogP contribution in [0, 0.1) is 0 Å². The number of nitrogens with one attached hydrogen (secondary N) is 2. The van der Waals surface area contributed by atoms with Gasteiger partial charge in [0.15, 0.2) is 5.16 Å². The minimum atomic E-state index is -0.146. The summed E-state index contributed by atoms with van der Waals surface area (Å²) in [6.45, 7) is 4.57. The molecule has 0 spiro atoms. The first-order chi connectivity index (χ1) is 14.6. The van der Waals surface area contributed by atoms with E-state index in [2.05, 4.69) is 28.2 Å². The molecule has 0 bridgehead atoms. The molecule has 0 aliphatic carbocycles. The quantitative estimate of drug-likeness (QED) is 0.342. The summed E-state index contributed by atoms with van der Waals surface area (Å²) in [7, 11) is 0. The van der Waals surface area contributed by atoms with Gasteiger partial charge in [0.05, 0.1) is 16.8 Å². The lowest BCUT2D eigenvalue weighted by Gasteiger charge is -2.10. The van der Waals surface area contributed by atoms with Crippen molar-refractivity contribution in [2.75, 3.05) is 16.4 Å². The molecule has 3 aromatic rings. The molecule has 2 aromatic carbocycles.